The molecule has 1 aromatic heterocycles. The van der Waals surface area contributed by atoms with Gasteiger partial charge in [0.25, 0.3) is 0 Å². The Kier molecular flexibility index (Phi) is 4.23. The average molecular weight is 361 g/mol. The zero-order valence-electron chi connectivity index (χ0n) is 13.3. The summed E-state index contributed by atoms with van der Waals surface area (Å²) < 4.78 is 28.8. The summed E-state index contributed by atoms with van der Waals surface area (Å²) in [6.07, 6.45) is 0. The van der Waals surface area contributed by atoms with Gasteiger partial charge in [0.05, 0.1) is 16.8 Å². The van der Waals surface area contributed by atoms with Gasteiger partial charge in [-0.25, -0.2) is 18.7 Å². The highest BCUT2D eigenvalue weighted by molar-refractivity contribution is 6.31. The molecule has 2 heterocycles. The van der Waals surface area contributed by atoms with E-state index in [1.54, 1.807) is 18.2 Å². The van der Waals surface area contributed by atoms with Gasteiger partial charge in [0, 0.05) is 36.6 Å². The molecule has 25 heavy (non-hydrogen) atoms. The predicted molar refractivity (Wildman–Crippen MR) is 95.0 cm³/mol. The van der Waals surface area contributed by atoms with E-state index in [2.05, 4.69) is 15.3 Å². The number of aromatic nitrogens is 2. The highest BCUT2D eigenvalue weighted by Gasteiger charge is 2.20. The summed E-state index contributed by atoms with van der Waals surface area (Å²) in [5.41, 5.74) is 0.663. The minimum Gasteiger partial charge on any atom is -0.338 e. The first-order valence-corrected chi connectivity index (χ1v) is 8.38. The summed E-state index contributed by atoms with van der Waals surface area (Å²) in [7, 11) is 0. The molecule has 4 nitrogen and oxygen atoms in total. The van der Waals surface area contributed by atoms with Crippen LogP contribution in [0.15, 0.2) is 36.4 Å². The molecule has 0 spiro atoms. The van der Waals surface area contributed by atoms with E-state index in [0.717, 1.165) is 26.2 Å². The lowest BCUT2D eigenvalue weighted by Gasteiger charge is -2.28. The third kappa shape index (κ3) is 3.03. The number of fused-ring (bicyclic) bond motifs is 1. The Bertz CT molecular complexity index is 922. The van der Waals surface area contributed by atoms with E-state index in [1.165, 1.54) is 18.2 Å². The fourth-order valence-corrected chi connectivity index (χ4v) is 3.18. The van der Waals surface area contributed by atoms with Gasteiger partial charge in [-0.1, -0.05) is 17.7 Å². The lowest BCUT2D eigenvalue weighted by Crippen LogP contribution is -2.44. The maximum absolute atomic E-state index is 14.4. The lowest BCUT2D eigenvalue weighted by molar-refractivity contribution is 0.579. The normalized spacial score (nSPS) is 14.9. The number of benzene rings is 2. The summed E-state index contributed by atoms with van der Waals surface area (Å²) in [5, 5.41) is 4.24. The van der Waals surface area contributed by atoms with E-state index in [1.807, 2.05) is 4.90 Å². The van der Waals surface area contributed by atoms with Gasteiger partial charge in [0.2, 0.25) is 5.95 Å². The van der Waals surface area contributed by atoms with E-state index >= 15 is 0 Å². The molecule has 0 amide bonds. The Morgan fingerprint density at radius 3 is 2.44 bits per heavy atom. The monoisotopic (exact) mass is 360 g/mol. The van der Waals surface area contributed by atoms with Crippen molar-refractivity contribution in [1.82, 2.24) is 15.3 Å². The molecule has 0 saturated carbocycles. The van der Waals surface area contributed by atoms with Crippen LogP contribution in [0.5, 0.6) is 0 Å². The third-order valence-electron chi connectivity index (χ3n) is 4.25. The summed E-state index contributed by atoms with van der Waals surface area (Å²) in [5.74, 6) is -0.855. The topological polar surface area (TPSA) is 41.1 Å². The van der Waals surface area contributed by atoms with Crippen LogP contribution in [0.2, 0.25) is 5.02 Å². The Hall–Kier alpha value is -2.31. The van der Waals surface area contributed by atoms with Gasteiger partial charge >= 0.3 is 0 Å². The summed E-state index contributed by atoms with van der Waals surface area (Å²) in [4.78, 5) is 11.1. The second-order valence-electron chi connectivity index (χ2n) is 5.87. The number of halogens is 3. The van der Waals surface area contributed by atoms with Crippen LogP contribution >= 0.6 is 11.6 Å². The first kappa shape index (κ1) is 16.2. The number of nitrogens with zero attached hydrogens (tertiary/aromatic N) is 3. The molecule has 0 radical (unpaired) electrons. The smallest absolute Gasteiger partial charge is 0.226 e. The summed E-state index contributed by atoms with van der Waals surface area (Å²) in [6.45, 7) is 3.09. The number of piperazine rings is 1. The van der Waals surface area contributed by atoms with Crippen LogP contribution in [0.4, 0.5) is 14.7 Å². The second kappa shape index (κ2) is 6.54. The molecule has 1 N–H and O–H groups in total. The molecule has 4 rings (SSSR count). The molecule has 1 fully saturated rings. The Balaban J connectivity index is 1.98. The van der Waals surface area contributed by atoms with Crippen LogP contribution in [0.25, 0.3) is 22.2 Å². The van der Waals surface area contributed by atoms with Crippen molar-refractivity contribution in [2.75, 3.05) is 31.1 Å². The molecule has 0 aliphatic carbocycles. The molecule has 2 aromatic carbocycles. The molecular weight excluding hydrogens is 346 g/mol. The number of hydrogen-bond acceptors (Lipinski definition) is 4. The van der Waals surface area contributed by atoms with E-state index in [9.17, 15) is 8.78 Å². The SMILES string of the molecule is Fc1cccc(F)c1-c1nc(N2CCNCC2)nc2ccc(Cl)cc12. The maximum Gasteiger partial charge on any atom is 0.226 e. The molecule has 0 bridgehead atoms. The Morgan fingerprint density at radius 1 is 1.00 bits per heavy atom. The van der Waals surface area contributed by atoms with Gasteiger partial charge in [0.15, 0.2) is 0 Å². The molecule has 7 heteroatoms. The van der Waals surface area contributed by atoms with Gasteiger partial charge in [0.1, 0.15) is 11.6 Å². The van der Waals surface area contributed by atoms with Crippen molar-refractivity contribution in [3.63, 3.8) is 0 Å². The molecule has 3 aromatic rings. The summed E-state index contributed by atoms with van der Waals surface area (Å²) in [6, 6.07) is 8.87. The van der Waals surface area contributed by atoms with Crippen molar-refractivity contribution < 1.29 is 8.78 Å². The number of hydrogen-bond donors (Lipinski definition) is 1. The van der Waals surface area contributed by atoms with Gasteiger partial charge in [-0.3, -0.25) is 0 Å². The van der Waals surface area contributed by atoms with Gasteiger partial charge < -0.3 is 10.2 Å². The minimum absolute atomic E-state index is 0.159. The zero-order chi connectivity index (χ0) is 17.4. The lowest BCUT2D eigenvalue weighted by atomic mass is 10.1. The maximum atomic E-state index is 14.4. The fourth-order valence-electron chi connectivity index (χ4n) is 3.01. The Morgan fingerprint density at radius 2 is 1.72 bits per heavy atom. The summed E-state index contributed by atoms with van der Waals surface area (Å²) >= 11 is 6.08. The average Bonchev–Trinajstić information content (AvgIpc) is 2.62. The van der Waals surface area contributed by atoms with Crippen molar-refractivity contribution in [1.29, 1.82) is 0 Å². The van der Waals surface area contributed by atoms with Crippen molar-refractivity contribution in [3.05, 3.63) is 53.1 Å². The first-order chi connectivity index (χ1) is 12.1. The molecule has 128 valence electrons. The fraction of sp³-hybridized carbons (Fsp3) is 0.222. The second-order valence-corrected chi connectivity index (χ2v) is 6.30. The van der Waals surface area contributed by atoms with Crippen LogP contribution in [-0.2, 0) is 0 Å². The van der Waals surface area contributed by atoms with Crippen molar-refractivity contribution >= 4 is 28.5 Å². The van der Waals surface area contributed by atoms with Crippen LogP contribution in [-0.4, -0.2) is 36.1 Å². The van der Waals surface area contributed by atoms with Crippen LogP contribution in [0, 0.1) is 11.6 Å². The van der Waals surface area contributed by atoms with Crippen LogP contribution < -0.4 is 10.2 Å². The van der Waals surface area contributed by atoms with Crippen molar-refractivity contribution in [2.45, 2.75) is 0 Å². The number of rotatable bonds is 2. The van der Waals surface area contributed by atoms with Crippen molar-refractivity contribution in [2.24, 2.45) is 0 Å². The van der Waals surface area contributed by atoms with Gasteiger partial charge in [-0.05, 0) is 30.3 Å². The predicted octanol–water partition coefficient (Wildman–Crippen LogP) is 3.64. The first-order valence-electron chi connectivity index (χ1n) is 8.01. The standard InChI is InChI=1S/C18H15ClF2N4/c19-11-4-5-15-12(10-11)17(16-13(20)2-1-3-14(16)21)24-18(23-15)25-8-6-22-7-9-25/h1-5,10,22H,6-9H2. The molecule has 1 saturated heterocycles. The minimum atomic E-state index is -0.661. The number of anilines is 1. The largest absolute Gasteiger partial charge is 0.338 e. The van der Waals surface area contributed by atoms with E-state index in [4.69, 9.17) is 11.6 Å². The van der Waals surface area contributed by atoms with E-state index in [0.29, 0.717) is 21.9 Å². The quantitative estimate of drug-likeness (QED) is 0.757. The van der Waals surface area contributed by atoms with Crippen molar-refractivity contribution in [3.8, 4) is 11.3 Å². The number of nitrogens with one attached hydrogen (secondary N) is 1. The third-order valence-corrected chi connectivity index (χ3v) is 4.48. The highest BCUT2D eigenvalue weighted by atomic mass is 35.5. The van der Waals surface area contributed by atoms with E-state index < -0.39 is 11.6 Å². The molecule has 1 aliphatic rings. The van der Waals surface area contributed by atoms with Gasteiger partial charge in [-0.15, -0.1) is 0 Å². The highest BCUT2D eigenvalue weighted by Crippen LogP contribution is 2.33. The Labute approximate surface area is 148 Å². The molecular formula is C18H15ClF2N4. The molecule has 1 aliphatic heterocycles. The zero-order valence-corrected chi connectivity index (χ0v) is 14.0. The van der Waals surface area contributed by atoms with Crippen LogP contribution in [0.1, 0.15) is 0 Å². The molecule has 0 atom stereocenters. The van der Waals surface area contributed by atoms with E-state index in [-0.39, 0.29) is 11.3 Å². The molecule has 0 unspecified atom stereocenters. The van der Waals surface area contributed by atoms with Crippen LogP contribution in [0.3, 0.4) is 0 Å². The van der Waals surface area contributed by atoms with Gasteiger partial charge in [-0.2, -0.15) is 0 Å².